The van der Waals surface area contributed by atoms with E-state index in [0.29, 0.717) is 6.04 Å². The van der Waals surface area contributed by atoms with Crippen molar-refractivity contribution in [2.24, 2.45) is 5.92 Å². The highest BCUT2D eigenvalue weighted by Gasteiger charge is 2.26. The zero-order chi connectivity index (χ0) is 12.1. The Morgan fingerprint density at radius 1 is 1.29 bits per heavy atom. The molecule has 1 N–H and O–H groups in total. The van der Waals surface area contributed by atoms with Crippen LogP contribution in [0.5, 0.6) is 0 Å². The van der Waals surface area contributed by atoms with Crippen molar-refractivity contribution in [3.05, 3.63) is 23.7 Å². The molecule has 0 radical (unpaired) electrons. The van der Waals surface area contributed by atoms with Gasteiger partial charge in [0, 0.05) is 18.0 Å². The molecule has 2 rings (SSSR count). The lowest BCUT2D eigenvalue weighted by atomic mass is 9.81. The second-order valence-electron chi connectivity index (χ2n) is 5.09. The minimum absolute atomic E-state index is 0.508. The third kappa shape index (κ3) is 2.92. The summed E-state index contributed by atoms with van der Waals surface area (Å²) in [6.45, 7) is 5.41. The molecule has 1 aromatic rings. The van der Waals surface area contributed by atoms with Crippen LogP contribution in [-0.4, -0.2) is 6.54 Å². The second-order valence-corrected chi connectivity index (χ2v) is 5.09. The van der Waals surface area contributed by atoms with Gasteiger partial charge < -0.3 is 9.73 Å². The van der Waals surface area contributed by atoms with Crippen LogP contribution in [0.1, 0.15) is 63.3 Å². The van der Waals surface area contributed by atoms with Gasteiger partial charge in [0.05, 0.1) is 6.26 Å². The normalized spacial score (nSPS) is 19.4. The molecule has 0 saturated heterocycles. The van der Waals surface area contributed by atoms with Crippen molar-refractivity contribution in [3.63, 3.8) is 0 Å². The Hall–Kier alpha value is -0.760. The third-order valence-electron chi connectivity index (χ3n) is 3.98. The van der Waals surface area contributed by atoms with Crippen LogP contribution >= 0.6 is 0 Å². The van der Waals surface area contributed by atoms with Crippen molar-refractivity contribution in [2.75, 3.05) is 6.54 Å². The summed E-state index contributed by atoms with van der Waals surface area (Å²) in [6.07, 6.45) is 9.79. The topological polar surface area (TPSA) is 25.2 Å². The van der Waals surface area contributed by atoms with E-state index in [9.17, 15) is 0 Å². The number of hydrogen-bond acceptors (Lipinski definition) is 2. The second kappa shape index (κ2) is 6.25. The van der Waals surface area contributed by atoms with E-state index in [1.54, 1.807) is 0 Å². The Kier molecular flexibility index (Phi) is 4.66. The van der Waals surface area contributed by atoms with Gasteiger partial charge in [0.25, 0.3) is 0 Å². The van der Waals surface area contributed by atoms with Crippen LogP contribution in [0.15, 0.2) is 16.7 Å². The summed E-state index contributed by atoms with van der Waals surface area (Å²) in [4.78, 5) is 0. The van der Waals surface area contributed by atoms with Gasteiger partial charge in [-0.05, 0) is 31.4 Å². The van der Waals surface area contributed by atoms with Crippen molar-refractivity contribution in [2.45, 2.75) is 58.4 Å². The maximum absolute atomic E-state index is 5.59. The molecule has 1 fully saturated rings. The van der Waals surface area contributed by atoms with Crippen molar-refractivity contribution < 1.29 is 4.42 Å². The van der Waals surface area contributed by atoms with E-state index in [2.05, 4.69) is 25.2 Å². The molecule has 1 unspecified atom stereocenters. The predicted molar refractivity (Wildman–Crippen MR) is 71.1 cm³/mol. The SMILES string of the molecule is CCNC(c1ccoc1CC)C1CCCCC1. The molecule has 0 aliphatic heterocycles. The summed E-state index contributed by atoms with van der Waals surface area (Å²) >= 11 is 0. The molecule has 1 atom stereocenters. The van der Waals surface area contributed by atoms with Gasteiger partial charge in [0.1, 0.15) is 5.76 Å². The van der Waals surface area contributed by atoms with Crippen LogP contribution in [0.3, 0.4) is 0 Å². The average Bonchev–Trinajstić information content (AvgIpc) is 2.85. The standard InChI is InChI=1S/C15H25NO/c1-3-14-13(10-11-17-14)15(16-4-2)12-8-6-5-7-9-12/h10-12,15-16H,3-9H2,1-2H3. The molecule has 0 aromatic carbocycles. The molecule has 1 aromatic heterocycles. The van der Waals surface area contributed by atoms with E-state index < -0.39 is 0 Å². The Labute approximate surface area is 105 Å². The summed E-state index contributed by atoms with van der Waals surface area (Å²) in [5.41, 5.74) is 1.40. The van der Waals surface area contributed by atoms with E-state index in [1.165, 1.54) is 43.4 Å². The first kappa shape index (κ1) is 12.7. The fourth-order valence-corrected chi connectivity index (χ4v) is 3.13. The average molecular weight is 235 g/mol. The largest absolute Gasteiger partial charge is 0.469 e. The first-order valence-corrected chi connectivity index (χ1v) is 7.16. The molecule has 1 saturated carbocycles. The first-order valence-electron chi connectivity index (χ1n) is 7.16. The van der Waals surface area contributed by atoms with Gasteiger partial charge in [-0.2, -0.15) is 0 Å². The molecule has 2 heteroatoms. The fourth-order valence-electron chi connectivity index (χ4n) is 3.13. The summed E-state index contributed by atoms with van der Waals surface area (Å²) in [6, 6.07) is 2.68. The van der Waals surface area contributed by atoms with E-state index >= 15 is 0 Å². The highest BCUT2D eigenvalue weighted by Crippen LogP contribution is 2.36. The minimum Gasteiger partial charge on any atom is -0.469 e. The first-order chi connectivity index (χ1) is 8.36. The summed E-state index contributed by atoms with van der Waals surface area (Å²) in [7, 11) is 0. The Bertz CT molecular complexity index is 325. The quantitative estimate of drug-likeness (QED) is 0.832. The molecule has 1 aliphatic rings. The van der Waals surface area contributed by atoms with Gasteiger partial charge in [-0.1, -0.05) is 33.1 Å². The maximum atomic E-state index is 5.59. The van der Waals surface area contributed by atoms with Crippen LogP contribution in [-0.2, 0) is 6.42 Å². The van der Waals surface area contributed by atoms with Crippen molar-refractivity contribution in [3.8, 4) is 0 Å². The van der Waals surface area contributed by atoms with Gasteiger partial charge in [0.15, 0.2) is 0 Å². The highest BCUT2D eigenvalue weighted by molar-refractivity contribution is 5.22. The zero-order valence-corrected chi connectivity index (χ0v) is 11.2. The van der Waals surface area contributed by atoms with Crippen LogP contribution < -0.4 is 5.32 Å². The molecule has 0 bridgehead atoms. The summed E-state index contributed by atoms with van der Waals surface area (Å²) in [5, 5.41) is 3.67. The van der Waals surface area contributed by atoms with E-state index in [4.69, 9.17) is 4.42 Å². The molecule has 2 nitrogen and oxygen atoms in total. The minimum atomic E-state index is 0.508. The van der Waals surface area contributed by atoms with Crippen LogP contribution in [0.2, 0.25) is 0 Å². The molecular formula is C15H25NO. The number of aryl methyl sites for hydroxylation is 1. The van der Waals surface area contributed by atoms with Gasteiger partial charge in [-0.15, -0.1) is 0 Å². The Balaban J connectivity index is 2.15. The number of nitrogens with one attached hydrogen (secondary N) is 1. The number of rotatable bonds is 5. The molecule has 0 spiro atoms. The number of hydrogen-bond donors (Lipinski definition) is 1. The molecule has 96 valence electrons. The molecule has 1 heterocycles. The Morgan fingerprint density at radius 3 is 2.71 bits per heavy atom. The highest BCUT2D eigenvalue weighted by atomic mass is 16.3. The summed E-state index contributed by atoms with van der Waals surface area (Å²) < 4.78 is 5.59. The van der Waals surface area contributed by atoms with Gasteiger partial charge in [-0.25, -0.2) is 0 Å². The van der Waals surface area contributed by atoms with Crippen LogP contribution in [0, 0.1) is 5.92 Å². The van der Waals surface area contributed by atoms with Gasteiger partial charge in [-0.3, -0.25) is 0 Å². The lowest BCUT2D eigenvalue weighted by Gasteiger charge is -2.31. The molecule has 17 heavy (non-hydrogen) atoms. The number of furan rings is 1. The molecular weight excluding hydrogens is 210 g/mol. The lowest BCUT2D eigenvalue weighted by Crippen LogP contribution is -2.30. The monoisotopic (exact) mass is 235 g/mol. The maximum Gasteiger partial charge on any atom is 0.108 e. The van der Waals surface area contributed by atoms with Gasteiger partial charge >= 0.3 is 0 Å². The van der Waals surface area contributed by atoms with E-state index in [0.717, 1.165) is 18.9 Å². The zero-order valence-electron chi connectivity index (χ0n) is 11.2. The third-order valence-corrected chi connectivity index (χ3v) is 3.98. The predicted octanol–water partition coefficient (Wildman–Crippen LogP) is 4.07. The van der Waals surface area contributed by atoms with Gasteiger partial charge in [0.2, 0.25) is 0 Å². The van der Waals surface area contributed by atoms with Crippen LogP contribution in [0.4, 0.5) is 0 Å². The van der Waals surface area contributed by atoms with Crippen molar-refractivity contribution >= 4 is 0 Å². The van der Waals surface area contributed by atoms with E-state index in [-0.39, 0.29) is 0 Å². The summed E-state index contributed by atoms with van der Waals surface area (Å²) in [5.74, 6) is 1.97. The fraction of sp³-hybridized carbons (Fsp3) is 0.733. The molecule has 1 aliphatic carbocycles. The Morgan fingerprint density at radius 2 is 2.06 bits per heavy atom. The molecule has 0 amide bonds. The smallest absolute Gasteiger partial charge is 0.108 e. The lowest BCUT2D eigenvalue weighted by molar-refractivity contribution is 0.271. The van der Waals surface area contributed by atoms with Crippen molar-refractivity contribution in [1.29, 1.82) is 0 Å². The van der Waals surface area contributed by atoms with E-state index in [1.807, 2.05) is 6.26 Å². The van der Waals surface area contributed by atoms with Crippen molar-refractivity contribution in [1.82, 2.24) is 5.32 Å². The van der Waals surface area contributed by atoms with Crippen LogP contribution in [0.25, 0.3) is 0 Å².